The zero-order chi connectivity index (χ0) is 22.5. The van der Waals surface area contributed by atoms with E-state index < -0.39 is 29.8 Å². The van der Waals surface area contributed by atoms with Gasteiger partial charge < -0.3 is 15.4 Å². The highest BCUT2D eigenvalue weighted by molar-refractivity contribution is 8.01. The summed E-state index contributed by atoms with van der Waals surface area (Å²) in [6.07, 6.45) is -0.148. The van der Waals surface area contributed by atoms with Gasteiger partial charge in [-0.2, -0.15) is 0 Å². The topological polar surface area (TPSA) is 84.5 Å². The number of hydrogen-bond acceptors (Lipinski definition) is 6. The number of ether oxygens (including phenoxy) is 1. The molecule has 3 aromatic rings. The molecule has 0 saturated carbocycles. The van der Waals surface area contributed by atoms with E-state index in [0.29, 0.717) is 11.3 Å². The highest BCUT2D eigenvalue weighted by Gasteiger charge is 2.29. The maximum Gasteiger partial charge on any atom is 0.307 e. The molecule has 164 valence electrons. The van der Waals surface area contributed by atoms with Gasteiger partial charge in [0.1, 0.15) is 5.82 Å². The molecule has 1 aliphatic heterocycles. The second-order valence-electron chi connectivity index (χ2n) is 7.02. The molecule has 1 aromatic heterocycles. The molecule has 2 amide bonds. The van der Waals surface area contributed by atoms with Crippen molar-refractivity contribution < 1.29 is 23.5 Å². The van der Waals surface area contributed by atoms with E-state index in [1.165, 1.54) is 35.2 Å². The van der Waals surface area contributed by atoms with E-state index in [0.717, 1.165) is 9.77 Å². The molecular formula is C23H19FN2O4S2. The summed E-state index contributed by atoms with van der Waals surface area (Å²) in [5.41, 5.74) is 1.43. The van der Waals surface area contributed by atoms with Crippen LogP contribution in [0.25, 0.3) is 0 Å². The molecule has 0 fully saturated rings. The van der Waals surface area contributed by atoms with E-state index >= 15 is 0 Å². The van der Waals surface area contributed by atoms with Gasteiger partial charge in [0, 0.05) is 9.77 Å². The molecule has 1 aliphatic rings. The molecule has 4 rings (SSSR count). The highest BCUT2D eigenvalue weighted by atomic mass is 32.2. The Morgan fingerprint density at radius 2 is 1.88 bits per heavy atom. The first kappa shape index (κ1) is 22.0. The first-order valence-corrected chi connectivity index (χ1v) is 11.6. The number of rotatable bonds is 7. The van der Waals surface area contributed by atoms with Gasteiger partial charge in [-0.15, -0.1) is 23.1 Å². The Morgan fingerprint density at radius 3 is 2.62 bits per heavy atom. The van der Waals surface area contributed by atoms with Crippen LogP contribution in [0.5, 0.6) is 0 Å². The van der Waals surface area contributed by atoms with Crippen molar-refractivity contribution in [3.05, 3.63) is 82.3 Å². The van der Waals surface area contributed by atoms with Crippen molar-refractivity contribution in [2.75, 3.05) is 11.9 Å². The van der Waals surface area contributed by atoms with Gasteiger partial charge in [0.05, 0.1) is 23.4 Å². The molecule has 2 atom stereocenters. The number of benzene rings is 2. The number of esters is 1. The summed E-state index contributed by atoms with van der Waals surface area (Å²) in [4.78, 5) is 38.7. The van der Waals surface area contributed by atoms with Gasteiger partial charge in [0.25, 0.3) is 5.91 Å². The number of halogens is 1. The minimum absolute atomic E-state index is 0.148. The number of fused-ring (bicyclic) bond motifs is 1. The van der Waals surface area contributed by atoms with Gasteiger partial charge in [0.15, 0.2) is 6.61 Å². The molecule has 0 spiro atoms. The third kappa shape index (κ3) is 5.35. The van der Waals surface area contributed by atoms with Crippen LogP contribution in [-0.2, 0) is 19.1 Å². The molecule has 0 saturated heterocycles. The van der Waals surface area contributed by atoms with E-state index in [9.17, 15) is 18.8 Å². The number of carbonyl (C=O) groups excluding carboxylic acids is 3. The largest absolute Gasteiger partial charge is 0.456 e. The Balaban J connectivity index is 1.33. The lowest BCUT2D eigenvalue weighted by atomic mass is 10.1. The third-order valence-electron chi connectivity index (χ3n) is 4.76. The zero-order valence-corrected chi connectivity index (χ0v) is 18.4. The predicted octanol–water partition coefficient (Wildman–Crippen LogP) is 4.14. The maximum atomic E-state index is 13.3. The summed E-state index contributed by atoms with van der Waals surface area (Å²) in [5.74, 6) is -1.77. The standard InChI is InChI=1S/C23H19FN2O4S2/c24-15-9-7-14(8-10-15)22(18-6-3-11-31-18)26-20(27)13-30-21(28)12-19-23(29)25-16-4-1-2-5-17(16)32-19/h1-11,19,22H,12-13H2,(H,25,29)(H,26,27). The van der Waals surface area contributed by atoms with Crippen LogP contribution in [0, 0.1) is 5.82 Å². The van der Waals surface area contributed by atoms with Crippen molar-refractivity contribution in [3.8, 4) is 0 Å². The maximum absolute atomic E-state index is 13.3. The van der Waals surface area contributed by atoms with E-state index in [4.69, 9.17) is 4.74 Å². The molecule has 0 radical (unpaired) electrons. The number of carbonyl (C=O) groups is 3. The molecule has 0 bridgehead atoms. The minimum atomic E-state index is -0.637. The van der Waals surface area contributed by atoms with Crippen LogP contribution in [0.4, 0.5) is 10.1 Å². The SMILES string of the molecule is O=C(COC(=O)CC1Sc2ccccc2NC1=O)NC(c1ccc(F)cc1)c1cccs1. The average molecular weight is 471 g/mol. The van der Waals surface area contributed by atoms with Crippen LogP contribution in [0.2, 0.25) is 0 Å². The second-order valence-corrected chi connectivity index (χ2v) is 9.25. The number of nitrogens with one attached hydrogen (secondary N) is 2. The number of anilines is 1. The average Bonchev–Trinajstić information content (AvgIpc) is 3.32. The fourth-order valence-electron chi connectivity index (χ4n) is 3.22. The van der Waals surface area contributed by atoms with Gasteiger partial charge >= 0.3 is 5.97 Å². The van der Waals surface area contributed by atoms with E-state index in [1.54, 1.807) is 18.2 Å². The molecule has 2 unspecified atom stereocenters. The second kappa shape index (κ2) is 9.97. The quantitative estimate of drug-likeness (QED) is 0.507. The van der Waals surface area contributed by atoms with E-state index in [-0.39, 0.29) is 18.1 Å². The normalized spacial score (nSPS) is 15.9. The van der Waals surface area contributed by atoms with Crippen LogP contribution in [0.1, 0.15) is 22.9 Å². The summed E-state index contributed by atoms with van der Waals surface area (Å²) in [5, 5.41) is 6.85. The summed E-state index contributed by atoms with van der Waals surface area (Å²) in [7, 11) is 0. The molecule has 2 N–H and O–H groups in total. The fourth-order valence-corrected chi connectivity index (χ4v) is 5.11. The van der Waals surface area contributed by atoms with Gasteiger partial charge in [-0.05, 0) is 41.3 Å². The Kier molecular flexibility index (Phi) is 6.87. The van der Waals surface area contributed by atoms with Crippen molar-refractivity contribution in [1.82, 2.24) is 5.32 Å². The van der Waals surface area contributed by atoms with Gasteiger partial charge in [-0.1, -0.05) is 30.3 Å². The molecular weight excluding hydrogens is 451 g/mol. The van der Waals surface area contributed by atoms with Crippen molar-refractivity contribution in [2.45, 2.75) is 22.6 Å². The summed E-state index contributed by atoms with van der Waals surface area (Å²) >= 11 is 2.74. The molecule has 0 aliphatic carbocycles. The smallest absolute Gasteiger partial charge is 0.307 e. The molecule has 6 nitrogen and oxygen atoms in total. The van der Waals surface area contributed by atoms with Crippen LogP contribution in [0.15, 0.2) is 70.9 Å². The van der Waals surface area contributed by atoms with Crippen molar-refractivity contribution >= 4 is 46.6 Å². The lowest BCUT2D eigenvalue weighted by Gasteiger charge is -2.23. The van der Waals surface area contributed by atoms with Crippen molar-refractivity contribution in [1.29, 1.82) is 0 Å². The van der Waals surface area contributed by atoms with Crippen molar-refractivity contribution in [3.63, 3.8) is 0 Å². The van der Waals surface area contributed by atoms with Crippen LogP contribution < -0.4 is 10.6 Å². The predicted molar refractivity (Wildman–Crippen MR) is 121 cm³/mol. The zero-order valence-electron chi connectivity index (χ0n) is 16.7. The Hall–Kier alpha value is -3.17. The van der Waals surface area contributed by atoms with Crippen molar-refractivity contribution in [2.24, 2.45) is 0 Å². The van der Waals surface area contributed by atoms with Crippen LogP contribution in [-0.4, -0.2) is 29.6 Å². The number of hydrogen-bond donors (Lipinski definition) is 2. The first-order valence-electron chi connectivity index (χ1n) is 9.80. The molecule has 9 heteroatoms. The molecule has 2 aromatic carbocycles. The van der Waals surface area contributed by atoms with E-state index in [1.807, 2.05) is 35.7 Å². The Bertz CT molecular complexity index is 1120. The molecule has 32 heavy (non-hydrogen) atoms. The molecule has 2 heterocycles. The van der Waals surface area contributed by atoms with Gasteiger partial charge in [-0.25, -0.2) is 4.39 Å². The fraction of sp³-hybridized carbons (Fsp3) is 0.174. The summed E-state index contributed by atoms with van der Waals surface area (Å²) in [6, 6.07) is 16.4. The van der Waals surface area contributed by atoms with Crippen LogP contribution >= 0.6 is 23.1 Å². The van der Waals surface area contributed by atoms with Gasteiger partial charge in [0.2, 0.25) is 5.91 Å². The summed E-state index contributed by atoms with van der Waals surface area (Å²) in [6.45, 7) is -0.475. The number of amides is 2. The Morgan fingerprint density at radius 1 is 1.09 bits per heavy atom. The number of thioether (sulfide) groups is 1. The monoisotopic (exact) mass is 470 g/mol. The van der Waals surface area contributed by atoms with Crippen LogP contribution in [0.3, 0.4) is 0 Å². The number of para-hydroxylation sites is 1. The van der Waals surface area contributed by atoms with Gasteiger partial charge in [-0.3, -0.25) is 14.4 Å². The lowest BCUT2D eigenvalue weighted by Crippen LogP contribution is -2.34. The minimum Gasteiger partial charge on any atom is -0.456 e. The van der Waals surface area contributed by atoms with E-state index in [2.05, 4.69) is 10.6 Å². The Labute approximate surface area is 192 Å². The highest BCUT2D eigenvalue weighted by Crippen LogP contribution is 2.36. The third-order valence-corrected chi connectivity index (χ3v) is 6.97. The number of thiophene rings is 1. The lowest BCUT2D eigenvalue weighted by molar-refractivity contribution is -0.149. The first-order chi connectivity index (χ1) is 15.5. The summed E-state index contributed by atoms with van der Waals surface area (Å²) < 4.78 is 18.4.